The highest BCUT2D eigenvalue weighted by Gasteiger charge is 2.63. The van der Waals surface area contributed by atoms with Gasteiger partial charge in [-0.1, -0.05) is 12.2 Å². The number of methoxy groups -OCH3 is 1. The molecular weight excluding hydrogens is 230 g/mol. The smallest absolute Gasteiger partial charge is 0.306 e. The molecule has 0 saturated heterocycles. The first-order valence-electron chi connectivity index (χ1n) is 6.27. The molecule has 18 heavy (non-hydrogen) atoms. The van der Waals surface area contributed by atoms with Crippen molar-refractivity contribution in [1.29, 1.82) is 5.26 Å². The number of rotatable bonds is 2. The van der Waals surface area contributed by atoms with Crippen LogP contribution in [0.4, 0.5) is 0 Å². The van der Waals surface area contributed by atoms with E-state index in [1.54, 1.807) is 0 Å². The standard InChI is InChI=1S/C14H15NO3/c1-18-12(17)7-14-3-2-13(8-15)5-9(4-11(14)16)10(14)6-13/h2-3,9-10H,4-7H2,1H3/t9?,10?,13?,14-/m1/s1. The van der Waals surface area contributed by atoms with Crippen molar-refractivity contribution in [2.24, 2.45) is 22.7 Å². The first kappa shape index (κ1) is 11.5. The molecule has 3 aliphatic rings. The molecule has 3 aliphatic carbocycles. The molecule has 4 nitrogen and oxygen atoms in total. The van der Waals surface area contributed by atoms with Crippen molar-refractivity contribution in [1.82, 2.24) is 0 Å². The molecule has 4 heteroatoms. The number of hydrogen-bond donors (Lipinski definition) is 0. The van der Waals surface area contributed by atoms with E-state index in [1.165, 1.54) is 7.11 Å². The van der Waals surface area contributed by atoms with Gasteiger partial charge in [0.05, 0.1) is 30.4 Å². The second-order valence-electron chi connectivity index (χ2n) is 5.80. The number of esters is 1. The van der Waals surface area contributed by atoms with E-state index in [1.807, 2.05) is 12.2 Å². The number of carbonyl (C=O) groups is 2. The molecule has 0 spiro atoms. The maximum atomic E-state index is 12.3. The lowest BCUT2D eigenvalue weighted by atomic mass is 9.66. The van der Waals surface area contributed by atoms with Crippen LogP contribution in [0, 0.1) is 34.0 Å². The molecule has 2 fully saturated rings. The number of carbonyl (C=O) groups excluding carboxylic acids is 2. The summed E-state index contributed by atoms with van der Waals surface area (Å²) in [6, 6.07) is 2.38. The summed E-state index contributed by atoms with van der Waals surface area (Å²) in [5.74, 6) is 0.209. The number of nitrogens with zero attached hydrogens (tertiary/aromatic N) is 1. The number of Topliss-reactive ketones (excluding diaryl/α,β-unsaturated/α-hetero) is 1. The molecule has 94 valence electrons. The van der Waals surface area contributed by atoms with Crippen LogP contribution in [0.2, 0.25) is 0 Å². The van der Waals surface area contributed by atoms with Gasteiger partial charge in [0.25, 0.3) is 0 Å². The van der Waals surface area contributed by atoms with E-state index in [0.29, 0.717) is 12.8 Å². The summed E-state index contributed by atoms with van der Waals surface area (Å²) in [5.41, 5.74) is -1.08. The van der Waals surface area contributed by atoms with E-state index in [9.17, 15) is 14.9 Å². The topological polar surface area (TPSA) is 67.2 Å². The molecule has 0 aromatic carbocycles. The molecule has 0 N–H and O–H groups in total. The Balaban J connectivity index is 2.02. The largest absolute Gasteiger partial charge is 0.469 e. The van der Waals surface area contributed by atoms with Gasteiger partial charge in [-0.3, -0.25) is 9.59 Å². The van der Waals surface area contributed by atoms with Crippen molar-refractivity contribution in [3.63, 3.8) is 0 Å². The van der Waals surface area contributed by atoms with E-state index >= 15 is 0 Å². The Morgan fingerprint density at radius 3 is 3.00 bits per heavy atom. The zero-order valence-corrected chi connectivity index (χ0v) is 10.3. The zero-order valence-electron chi connectivity index (χ0n) is 10.3. The molecule has 2 bridgehead atoms. The van der Waals surface area contributed by atoms with Crippen LogP contribution in [0.15, 0.2) is 12.2 Å². The van der Waals surface area contributed by atoms with Gasteiger partial charge in [0.15, 0.2) is 0 Å². The third-order valence-corrected chi connectivity index (χ3v) is 4.99. The van der Waals surface area contributed by atoms with Crippen molar-refractivity contribution < 1.29 is 14.3 Å². The van der Waals surface area contributed by atoms with Gasteiger partial charge in [0, 0.05) is 6.42 Å². The second-order valence-corrected chi connectivity index (χ2v) is 5.80. The van der Waals surface area contributed by atoms with Crippen LogP contribution >= 0.6 is 0 Å². The van der Waals surface area contributed by atoms with Gasteiger partial charge in [-0.2, -0.15) is 5.26 Å². The van der Waals surface area contributed by atoms with Gasteiger partial charge < -0.3 is 4.74 Å². The summed E-state index contributed by atoms with van der Waals surface area (Å²) in [7, 11) is 1.34. The number of nitriles is 1. The highest BCUT2D eigenvalue weighted by molar-refractivity contribution is 5.94. The van der Waals surface area contributed by atoms with Crippen LogP contribution in [0.25, 0.3) is 0 Å². The second kappa shape index (κ2) is 3.44. The van der Waals surface area contributed by atoms with E-state index in [-0.39, 0.29) is 30.0 Å². The maximum Gasteiger partial charge on any atom is 0.306 e. The summed E-state index contributed by atoms with van der Waals surface area (Å²) in [6.07, 6.45) is 5.81. The lowest BCUT2D eigenvalue weighted by Gasteiger charge is -2.34. The number of ketones is 1. The highest BCUT2D eigenvalue weighted by atomic mass is 16.5. The first-order valence-corrected chi connectivity index (χ1v) is 6.27. The summed E-state index contributed by atoms with van der Waals surface area (Å²) in [6.45, 7) is 0. The third-order valence-electron chi connectivity index (χ3n) is 4.99. The molecule has 0 aromatic heterocycles. The predicted octanol–water partition coefficient (Wildman–Crippen LogP) is 1.61. The van der Waals surface area contributed by atoms with Crippen LogP contribution in [0.5, 0.6) is 0 Å². The Bertz CT molecular complexity index is 504. The van der Waals surface area contributed by atoms with Gasteiger partial charge in [0.2, 0.25) is 0 Å². The van der Waals surface area contributed by atoms with E-state index in [0.717, 1.165) is 6.42 Å². The SMILES string of the molecule is COC(=O)C[C@@]12C=CC3(C#N)CC(CC1=O)C2C3. The summed E-state index contributed by atoms with van der Waals surface area (Å²) in [4.78, 5) is 23.8. The average molecular weight is 245 g/mol. The minimum atomic E-state index is -0.686. The lowest BCUT2D eigenvalue weighted by molar-refractivity contribution is -0.146. The fourth-order valence-electron chi connectivity index (χ4n) is 4.09. The Kier molecular flexibility index (Phi) is 2.19. The Labute approximate surface area is 106 Å². The van der Waals surface area contributed by atoms with Gasteiger partial charge in [-0.05, 0) is 24.7 Å². The molecule has 0 heterocycles. The Morgan fingerprint density at radius 2 is 2.33 bits per heavy atom. The maximum absolute atomic E-state index is 12.3. The molecule has 0 aromatic rings. The quantitative estimate of drug-likeness (QED) is 0.547. The van der Waals surface area contributed by atoms with Crippen LogP contribution < -0.4 is 0 Å². The van der Waals surface area contributed by atoms with Crippen molar-refractivity contribution in [2.75, 3.05) is 7.11 Å². The molecule has 3 rings (SSSR count). The molecule has 0 radical (unpaired) electrons. The number of allylic oxidation sites excluding steroid dienone is 2. The van der Waals surface area contributed by atoms with Crippen LogP contribution in [0.3, 0.4) is 0 Å². The van der Waals surface area contributed by atoms with Gasteiger partial charge in [-0.15, -0.1) is 0 Å². The fraction of sp³-hybridized carbons (Fsp3) is 0.643. The molecule has 3 unspecified atom stereocenters. The van der Waals surface area contributed by atoms with E-state index < -0.39 is 10.8 Å². The zero-order chi connectivity index (χ0) is 13.0. The van der Waals surface area contributed by atoms with Crippen LogP contribution in [-0.2, 0) is 14.3 Å². The third kappa shape index (κ3) is 1.25. The Hall–Kier alpha value is -1.63. The summed E-state index contributed by atoms with van der Waals surface area (Å²) in [5, 5.41) is 9.30. The highest BCUT2D eigenvalue weighted by Crippen LogP contribution is 2.64. The summed E-state index contributed by atoms with van der Waals surface area (Å²) >= 11 is 0. The molecule has 2 saturated carbocycles. The Morgan fingerprint density at radius 1 is 1.56 bits per heavy atom. The van der Waals surface area contributed by atoms with Crippen LogP contribution in [0.1, 0.15) is 25.7 Å². The van der Waals surface area contributed by atoms with Crippen molar-refractivity contribution in [3.05, 3.63) is 12.2 Å². The first-order chi connectivity index (χ1) is 8.55. The van der Waals surface area contributed by atoms with Crippen LogP contribution in [-0.4, -0.2) is 18.9 Å². The van der Waals surface area contributed by atoms with E-state index in [4.69, 9.17) is 4.74 Å². The van der Waals surface area contributed by atoms with Gasteiger partial charge >= 0.3 is 5.97 Å². The average Bonchev–Trinajstić information content (AvgIpc) is 2.80. The van der Waals surface area contributed by atoms with Crippen molar-refractivity contribution in [2.45, 2.75) is 25.7 Å². The van der Waals surface area contributed by atoms with Gasteiger partial charge in [-0.25, -0.2) is 0 Å². The molecular formula is C14H15NO3. The lowest BCUT2D eigenvalue weighted by Crippen LogP contribution is -2.37. The van der Waals surface area contributed by atoms with Crippen molar-refractivity contribution in [3.8, 4) is 6.07 Å². The molecule has 0 aliphatic heterocycles. The number of fused-ring (bicyclic) bond motifs is 1. The monoisotopic (exact) mass is 245 g/mol. The normalized spacial score (nSPS) is 43.9. The van der Waals surface area contributed by atoms with Crippen molar-refractivity contribution >= 4 is 11.8 Å². The van der Waals surface area contributed by atoms with E-state index in [2.05, 4.69) is 6.07 Å². The predicted molar refractivity (Wildman–Crippen MR) is 62.1 cm³/mol. The molecule has 4 atom stereocenters. The fourth-order valence-corrected chi connectivity index (χ4v) is 4.09. The number of ether oxygens (including phenoxy) is 1. The van der Waals surface area contributed by atoms with Gasteiger partial charge in [0.1, 0.15) is 5.78 Å². The number of hydrogen-bond acceptors (Lipinski definition) is 4. The summed E-state index contributed by atoms with van der Waals surface area (Å²) < 4.78 is 4.71. The molecule has 0 amide bonds. The minimum Gasteiger partial charge on any atom is -0.469 e. The minimum absolute atomic E-state index is 0.126.